The first-order valence-corrected chi connectivity index (χ1v) is 9.77. The average Bonchev–Trinajstić information content (AvgIpc) is 2.71. The summed E-state index contributed by atoms with van der Waals surface area (Å²) in [5, 5.41) is 17.9. The number of morpholine rings is 1. The van der Waals surface area contributed by atoms with Gasteiger partial charge in [0.2, 0.25) is 5.91 Å². The highest BCUT2D eigenvalue weighted by atomic mass is 16.5. The van der Waals surface area contributed by atoms with Crippen LogP contribution >= 0.6 is 0 Å². The number of benzene rings is 1. The summed E-state index contributed by atoms with van der Waals surface area (Å²) in [7, 11) is 0. The molecule has 29 heavy (non-hydrogen) atoms. The van der Waals surface area contributed by atoms with Crippen LogP contribution in [0.2, 0.25) is 0 Å². The molecule has 1 aromatic carbocycles. The molecule has 0 bridgehead atoms. The summed E-state index contributed by atoms with van der Waals surface area (Å²) in [5.41, 5.74) is 2.00. The predicted octanol–water partition coefficient (Wildman–Crippen LogP) is 1.35. The van der Waals surface area contributed by atoms with Crippen molar-refractivity contribution < 1.29 is 29.3 Å². The van der Waals surface area contributed by atoms with Crippen LogP contribution < -0.4 is 10.2 Å². The van der Waals surface area contributed by atoms with Gasteiger partial charge in [-0.2, -0.15) is 0 Å². The SMILES string of the molecule is CC1CCN(CC(=O)Nc2ccccc2N2CCOCC2)CC1.O=C(O)C(=O)O. The van der Waals surface area contributed by atoms with Crippen LogP contribution in [0.1, 0.15) is 19.8 Å². The third kappa shape index (κ3) is 7.71. The lowest BCUT2D eigenvalue weighted by Crippen LogP contribution is -2.39. The van der Waals surface area contributed by atoms with Crippen LogP contribution in [0.15, 0.2) is 24.3 Å². The largest absolute Gasteiger partial charge is 0.473 e. The van der Waals surface area contributed by atoms with Crippen molar-refractivity contribution in [3.8, 4) is 0 Å². The summed E-state index contributed by atoms with van der Waals surface area (Å²) < 4.78 is 5.42. The fraction of sp³-hybridized carbons (Fsp3) is 0.550. The molecule has 160 valence electrons. The quantitative estimate of drug-likeness (QED) is 0.640. The number of ether oxygens (including phenoxy) is 1. The van der Waals surface area contributed by atoms with E-state index in [1.165, 1.54) is 12.8 Å². The molecule has 2 aliphatic rings. The Morgan fingerprint density at radius 3 is 2.21 bits per heavy atom. The molecule has 9 nitrogen and oxygen atoms in total. The maximum Gasteiger partial charge on any atom is 0.414 e. The molecular formula is C20H29N3O6. The van der Waals surface area contributed by atoms with Gasteiger partial charge in [0.05, 0.1) is 31.1 Å². The number of carbonyl (C=O) groups is 3. The number of hydrogen-bond donors (Lipinski definition) is 3. The third-order valence-corrected chi connectivity index (χ3v) is 4.96. The van der Waals surface area contributed by atoms with Crippen LogP contribution in [0, 0.1) is 5.92 Å². The van der Waals surface area contributed by atoms with Gasteiger partial charge in [-0.05, 0) is 44.0 Å². The van der Waals surface area contributed by atoms with Crippen molar-refractivity contribution in [3.05, 3.63) is 24.3 Å². The summed E-state index contributed by atoms with van der Waals surface area (Å²) in [4.78, 5) is 35.1. The van der Waals surface area contributed by atoms with Gasteiger partial charge in [0.25, 0.3) is 0 Å². The van der Waals surface area contributed by atoms with E-state index in [1.807, 2.05) is 18.2 Å². The third-order valence-electron chi connectivity index (χ3n) is 4.96. The molecule has 2 aliphatic heterocycles. The van der Waals surface area contributed by atoms with Crippen molar-refractivity contribution in [2.75, 3.05) is 56.2 Å². The van der Waals surface area contributed by atoms with Gasteiger partial charge in [-0.15, -0.1) is 0 Å². The number of nitrogens with one attached hydrogen (secondary N) is 1. The minimum atomic E-state index is -1.82. The smallest absolute Gasteiger partial charge is 0.414 e. The van der Waals surface area contributed by atoms with E-state index in [2.05, 4.69) is 28.1 Å². The number of likely N-dealkylation sites (tertiary alicyclic amines) is 1. The Morgan fingerprint density at radius 1 is 1.03 bits per heavy atom. The number of hydrogen-bond acceptors (Lipinski definition) is 6. The summed E-state index contributed by atoms with van der Waals surface area (Å²) in [5.74, 6) is -2.78. The second-order valence-electron chi connectivity index (χ2n) is 7.23. The van der Waals surface area contributed by atoms with E-state index in [4.69, 9.17) is 24.5 Å². The lowest BCUT2D eigenvalue weighted by Gasteiger charge is -2.31. The molecule has 2 fully saturated rings. The minimum absolute atomic E-state index is 0.0836. The van der Waals surface area contributed by atoms with Crippen molar-refractivity contribution in [1.29, 1.82) is 0 Å². The van der Waals surface area contributed by atoms with Crippen LogP contribution in [0.4, 0.5) is 11.4 Å². The topological polar surface area (TPSA) is 119 Å². The Kier molecular flexibility index (Phi) is 8.88. The maximum absolute atomic E-state index is 12.4. The molecule has 0 radical (unpaired) electrons. The van der Waals surface area contributed by atoms with Crippen molar-refractivity contribution in [3.63, 3.8) is 0 Å². The summed E-state index contributed by atoms with van der Waals surface area (Å²) >= 11 is 0. The number of amides is 1. The van der Waals surface area contributed by atoms with E-state index in [0.29, 0.717) is 6.54 Å². The molecule has 3 rings (SSSR count). The van der Waals surface area contributed by atoms with Gasteiger partial charge in [-0.25, -0.2) is 9.59 Å². The van der Waals surface area contributed by atoms with Gasteiger partial charge in [0, 0.05) is 13.1 Å². The minimum Gasteiger partial charge on any atom is -0.473 e. The molecule has 2 heterocycles. The van der Waals surface area contributed by atoms with Crippen LogP contribution in [-0.4, -0.2) is 78.9 Å². The molecule has 3 N–H and O–H groups in total. The number of para-hydroxylation sites is 2. The Hall–Kier alpha value is -2.65. The van der Waals surface area contributed by atoms with Gasteiger partial charge < -0.3 is 25.2 Å². The van der Waals surface area contributed by atoms with E-state index in [1.54, 1.807) is 0 Å². The number of carboxylic acids is 2. The van der Waals surface area contributed by atoms with E-state index < -0.39 is 11.9 Å². The molecule has 0 atom stereocenters. The van der Waals surface area contributed by atoms with Gasteiger partial charge in [0.1, 0.15) is 0 Å². The van der Waals surface area contributed by atoms with E-state index in [0.717, 1.165) is 56.7 Å². The first kappa shape index (κ1) is 22.6. The second kappa shape index (κ2) is 11.4. The lowest BCUT2D eigenvalue weighted by molar-refractivity contribution is -0.159. The van der Waals surface area contributed by atoms with Gasteiger partial charge in [-0.1, -0.05) is 19.1 Å². The van der Waals surface area contributed by atoms with E-state index in [9.17, 15) is 4.79 Å². The molecule has 1 amide bonds. The number of aliphatic carboxylic acids is 2. The Bertz CT molecular complexity index is 685. The molecule has 2 saturated heterocycles. The number of nitrogens with zero attached hydrogens (tertiary/aromatic N) is 2. The molecule has 0 aliphatic carbocycles. The fourth-order valence-corrected chi connectivity index (χ4v) is 3.27. The lowest BCUT2D eigenvalue weighted by atomic mass is 9.99. The molecule has 0 aromatic heterocycles. The molecular weight excluding hydrogens is 378 g/mol. The number of carbonyl (C=O) groups excluding carboxylic acids is 1. The van der Waals surface area contributed by atoms with E-state index >= 15 is 0 Å². The first-order valence-electron chi connectivity index (χ1n) is 9.77. The van der Waals surface area contributed by atoms with E-state index in [-0.39, 0.29) is 5.91 Å². The standard InChI is InChI=1S/C18H27N3O2.C2H2O4/c1-15-6-8-20(9-7-15)14-18(22)19-16-4-2-3-5-17(16)21-10-12-23-13-11-21;3-1(4)2(5)6/h2-5,15H,6-14H2,1H3,(H,19,22);(H,3,4)(H,5,6). The number of anilines is 2. The summed E-state index contributed by atoms with van der Waals surface area (Å²) in [6.45, 7) is 8.07. The summed E-state index contributed by atoms with van der Waals surface area (Å²) in [6, 6.07) is 8.05. The van der Waals surface area contributed by atoms with Crippen molar-refractivity contribution in [2.24, 2.45) is 5.92 Å². The highest BCUT2D eigenvalue weighted by Gasteiger charge is 2.19. The Balaban J connectivity index is 0.000000438. The summed E-state index contributed by atoms with van der Waals surface area (Å²) in [6.07, 6.45) is 2.38. The zero-order valence-electron chi connectivity index (χ0n) is 16.7. The van der Waals surface area contributed by atoms with Crippen molar-refractivity contribution >= 4 is 29.2 Å². The average molecular weight is 407 g/mol. The first-order chi connectivity index (χ1) is 13.9. The maximum atomic E-state index is 12.4. The molecule has 0 unspecified atom stereocenters. The van der Waals surface area contributed by atoms with Crippen LogP contribution in [0.5, 0.6) is 0 Å². The number of piperidine rings is 1. The van der Waals surface area contributed by atoms with Crippen LogP contribution in [0.25, 0.3) is 0 Å². The van der Waals surface area contributed by atoms with Crippen LogP contribution in [0.3, 0.4) is 0 Å². The Morgan fingerprint density at radius 2 is 1.62 bits per heavy atom. The molecule has 1 aromatic rings. The number of carboxylic acid groups (broad SMARTS) is 2. The predicted molar refractivity (Wildman–Crippen MR) is 108 cm³/mol. The van der Waals surface area contributed by atoms with Crippen molar-refractivity contribution in [2.45, 2.75) is 19.8 Å². The van der Waals surface area contributed by atoms with Gasteiger partial charge >= 0.3 is 11.9 Å². The van der Waals surface area contributed by atoms with Crippen LogP contribution in [-0.2, 0) is 19.1 Å². The highest BCUT2D eigenvalue weighted by molar-refractivity contribution is 6.27. The second-order valence-corrected chi connectivity index (χ2v) is 7.23. The highest BCUT2D eigenvalue weighted by Crippen LogP contribution is 2.26. The van der Waals surface area contributed by atoms with Gasteiger partial charge in [-0.3, -0.25) is 9.69 Å². The molecule has 0 saturated carbocycles. The zero-order valence-corrected chi connectivity index (χ0v) is 16.7. The fourth-order valence-electron chi connectivity index (χ4n) is 3.27. The zero-order chi connectivity index (χ0) is 21.2. The molecule has 0 spiro atoms. The Labute approximate surface area is 170 Å². The molecule has 9 heteroatoms. The van der Waals surface area contributed by atoms with Crippen molar-refractivity contribution in [1.82, 2.24) is 4.90 Å². The number of rotatable bonds is 4. The monoisotopic (exact) mass is 407 g/mol. The normalized spacial score (nSPS) is 17.8. The van der Waals surface area contributed by atoms with Gasteiger partial charge in [0.15, 0.2) is 0 Å².